The molecular formula is C13H9NO4. The molecule has 1 heterocycles. The number of fused-ring (bicyclic) bond motifs is 1. The van der Waals surface area contributed by atoms with E-state index in [0.717, 1.165) is 4.57 Å². The van der Waals surface area contributed by atoms with Crippen LogP contribution < -0.4 is 10.7 Å². The molecule has 0 bridgehead atoms. The van der Waals surface area contributed by atoms with Gasteiger partial charge in [0.25, 0.3) is 0 Å². The Kier molecular flexibility index (Phi) is 2.86. The summed E-state index contributed by atoms with van der Waals surface area (Å²) in [6, 6.07) is 5.65. The number of hydrogen-bond acceptors (Lipinski definition) is 3. The van der Waals surface area contributed by atoms with Crippen LogP contribution in [-0.4, -0.2) is 27.5 Å². The fourth-order valence-corrected chi connectivity index (χ4v) is 1.97. The lowest BCUT2D eigenvalue weighted by Gasteiger charge is -2.07. The van der Waals surface area contributed by atoms with E-state index in [0.29, 0.717) is 10.8 Å². The van der Waals surface area contributed by atoms with Crippen LogP contribution >= 0.6 is 0 Å². The summed E-state index contributed by atoms with van der Waals surface area (Å²) in [5, 5.41) is 10.1. The smallest absolute Gasteiger partial charge is 0.326 e. The van der Waals surface area contributed by atoms with Crippen molar-refractivity contribution in [3.8, 4) is 0 Å². The first-order valence-corrected chi connectivity index (χ1v) is 5.23. The van der Waals surface area contributed by atoms with Crippen molar-refractivity contribution < 1.29 is 19.5 Å². The molecule has 1 aromatic heterocycles. The number of carboxylic acids is 1. The van der Waals surface area contributed by atoms with Crippen molar-refractivity contribution in [3.05, 3.63) is 35.0 Å². The van der Waals surface area contributed by atoms with Crippen LogP contribution in [0.15, 0.2) is 24.3 Å². The number of benzene rings is 1. The van der Waals surface area contributed by atoms with Crippen LogP contribution in [0.3, 0.4) is 0 Å². The number of carbonyl (C=O) groups excluding carboxylic acids is 2. The number of aromatic nitrogens is 1. The third kappa shape index (κ3) is 1.55. The lowest BCUT2D eigenvalue weighted by Crippen LogP contribution is -2.35. The summed E-state index contributed by atoms with van der Waals surface area (Å²) >= 11 is 0. The van der Waals surface area contributed by atoms with Gasteiger partial charge in [-0.15, -0.1) is 0 Å². The topological polar surface area (TPSA) is 76.4 Å². The third-order valence-electron chi connectivity index (χ3n) is 2.86. The van der Waals surface area contributed by atoms with Crippen molar-refractivity contribution >= 4 is 28.6 Å². The molecule has 0 aliphatic carbocycles. The zero-order valence-corrected chi connectivity index (χ0v) is 9.51. The molecule has 0 aliphatic rings. The van der Waals surface area contributed by atoms with Gasteiger partial charge in [0.15, 0.2) is 11.9 Å². The third-order valence-corrected chi connectivity index (χ3v) is 2.86. The highest BCUT2D eigenvalue weighted by atomic mass is 16.4. The van der Waals surface area contributed by atoms with E-state index in [4.69, 9.17) is 5.11 Å². The monoisotopic (exact) mass is 243 g/mol. The molecular weight excluding hydrogens is 234 g/mol. The van der Waals surface area contributed by atoms with Crippen LogP contribution in [0.2, 0.25) is 0 Å². The minimum atomic E-state index is -1.14. The van der Waals surface area contributed by atoms with E-state index in [1.54, 1.807) is 36.1 Å². The molecule has 5 heteroatoms. The maximum absolute atomic E-state index is 11.0. The second kappa shape index (κ2) is 4.34. The minimum absolute atomic E-state index is 0.0545. The molecule has 0 saturated heterocycles. The lowest BCUT2D eigenvalue weighted by atomic mass is 10.2. The van der Waals surface area contributed by atoms with Crippen LogP contribution in [0, 0.1) is 0 Å². The van der Waals surface area contributed by atoms with E-state index >= 15 is 0 Å². The molecule has 1 atom stereocenters. The number of rotatable bonds is 2. The van der Waals surface area contributed by atoms with Crippen LogP contribution in [0.1, 0.15) is 13.0 Å². The highest BCUT2D eigenvalue weighted by Gasteiger charge is 2.19. The summed E-state index contributed by atoms with van der Waals surface area (Å²) in [5.74, 6) is 2.26. The molecule has 0 spiro atoms. The first kappa shape index (κ1) is 11.9. The quantitative estimate of drug-likeness (QED) is 0.756. The maximum atomic E-state index is 11.0. The molecule has 2 rings (SSSR count). The van der Waals surface area contributed by atoms with Crippen LogP contribution in [0.5, 0.6) is 0 Å². The van der Waals surface area contributed by atoms with Crippen molar-refractivity contribution in [3.63, 3.8) is 0 Å². The minimum Gasteiger partial charge on any atom is -0.480 e. The Balaban J connectivity index is 3.11. The molecule has 90 valence electrons. The van der Waals surface area contributed by atoms with E-state index in [1.165, 1.54) is 6.92 Å². The molecule has 1 N–H and O–H groups in total. The Morgan fingerprint density at radius 2 is 1.61 bits per heavy atom. The van der Waals surface area contributed by atoms with Gasteiger partial charge in [-0.25, -0.2) is 14.4 Å². The van der Waals surface area contributed by atoms with Crippen LogP contribution in [0.25, 0.3) is 10.8 Å². The summed E-state index contributed by atoms with van der Waals surface area (Å²) in [5.41, 5.74) is 0. The lowest BCUT2D eigenvalue weighted by molar-refractivity contribution is -0.140. The predicted octanol–water partition coefficient (Wildman–Crippen LogP) is -0.707. The van der Waals surface area contributed by atoms with Gasteiger partial charge in [-0.1, -0.05) is 24.3 Å². The Morgan fingerprint density at radius 1 is 1.17 bits per heavy atom. The molecule has 0 unspecified atom stereocenters. The SMILES string of the molecule is C[C@@H](C(=O)O)n1c(=C=O)c2ccccc2c1=C=O. The fraction of sp³-hybridized carbons (Fsp3) is 0.154. The molecule has 1 aromatic carbocycles. The Morgan fingerprint density at radius 3 is 1.94 bits per heavy atom. The predicted molar refractivity (Wildman–Crippen MR) is 63.1 cm³/mol. The Bertz CT molecular complexity index is 735. The van der Waals surface area contributed by atoms with Crippen LogP contribution in [-0.2, 0) is 14.4 Å². The number of hydrogen-bond donors (Lipinski definition) is 1. The van der Waals surface area contributed by atoms with Gasteiger partial charge in [-0.05, 0) is 6.92 Å². The Hall–Kier alpha value is -2.61. The summed E-state index contributed by atoms with van der Waals surface area (Å²) in [6.07, 6.45) is 0. The fourth-order valence-electron chi connectivity index (χ4n) is 1.97. The second-order valence-electron chi connectivity index (χ2n) is 3.83. The van der Waals surface area contributed by atoms with Crippen molar-refractivity contribution in [2.45, 2.75) is 13.0 Å². The van der Waals surface area contributed by atoms with Gasteiger partial charge >= 0.3 is 5.97 Å². The zero-order chi connectivity index (χ0) is 13.3. The molecule has 5 nitrogen and oxygen atoms in total. The number of aliphatic carboxylic acids is 1. The molecule has 0 radical (unpaired) electrons. The van der Waals surface area contributed by atoms with E-state index < -0.39 is 12.0 Å². The van der Waals surface area contributed by atoms with Gasteiger partial charge in [0.2, 0.25) is 0 Å². The van der Waals surface area contributed by atoms with Crippen molar-refractivity contribution in [1.82, 2.24) is 4.57 Å². The summed E-state index contributed by atoms with van der Waals surface area (Å²) < 4.78 is 1.15. The average molecular weight is 243 g/mol. The summed E-state index contributed by atoms with van der Waals surface area (Å²) in [6.45, 7) is 1.39. The van der Waals surface area contributed by atoms with Crippen molar-refractivity contribution in [2.75, 3.05) is 0 Å². The average Bonchev–Trinajstić information content (AvgIpc) is 2.70. The number of carboxylic acid groups (broad SMARTS) is 1. The van der Waals surface area contributed by atoms with Gasteiger partial charge in [0.05, 0.1) is 0 Å². The molecule has 0 aliphatic heterocycles. The summed E-state index contributed by atoms with van der Waals surface area (Å²) in [4.78, 5) is 33.1. The standard InChI is InChI=1S/C13H9NO4/c1-8(13(17)18)14-11(6-15)9-4-2-3-5-10(9)12(14)7-16/h2-5,8H,1H3,(H,17,18)/t8-/m0/s1. The van der Waals surface area contributed by atoms with Gasteiger partial charge in [0.1, 0.15) is 16.7 Å². The largest absolute Gasteiger partial charge is 0.480 e. The zero-order valence-electron chi connectivity index (χ0n) is 9.51. The molecule has 18 heavy (non-hydrogen) atoms. The first-order chi connectivity index (χ1) is 8.61. The van der Waals surface area contributed by atoms with E-state index in [-0.39, 0.29) is 10.7 Å². The Labute approximate surface area is 101 Å². The second-order valence-corrected chi connectivity index (χ2v) is 3.83. The van der Waals surface area contributed by atoms with Gasteiger partial charge in [-0.2, -0.15) is 0 Å². The highest BCUT2D eigenvalue weighted by molar-refractivity contribution is 5.89. The van der Waals surface area contributed by atoms with E-state index in [1.807, 2.05) is 0 Å². The van der Waals surface area contributed by atoms with E-state index in [2.05, 4.69) is 0 Å². The summed E-state index contributed by atoms with van der Waals surface area (Å²) in [7, 11) is 0. The molecule has 0 saturated carbocycles. The van der Waals surface area contributed by atoms with Gasteiger partial charge in [-0.3, -0.25) is 0 Å². The number of nitrogens with zero attached hydrogens (tertiary/aromatic N) is 1. The molecule has 0 fully saturated rings. The van der Waals surface area contributed by atoms with Gasteiger partial charge < -0.3 is 9.67 Å². The first-order valence-electron chi connectivity index (χ1n) is 5.23. The van der Waals surface area contributed by atoms with Crippen LogP contribution in [0.4, 0.5) is 0 Å². The molecule has 2 aromatic rings. The van der Waals surface area contributed by atoms with E-state index in [9.17, 15) is 14.4 Å². The van der Waals surface area contributed by atoms with Gasteiger partial charge in [0, 0.05) is 10.8 Å². The van der Waals surface area contributed by atoms with Crippen molar-refractivity contribution in [1.29, 1.82) is 0 Å². The van der Waals surface area contributed by atoms with Crippen molar-refractivity contribution in [2.24, 2.45) is 0 Å². The number of carbonyl (C=O) groups is 1. The maximum Gasteiger partial charge on any atom is 0.326 e. The normalized spacial score (nSPS) is 11.8. The molecule has 0 amide bonds. The highest BCUT2D eigenvalue weighted by Crippen LogP contribution is 2.07.